The summed E-state index contributed by atoms with van der Waals surface area (Å²) in [7, 11) is 0. The van der Waals surface area contributed by atoms with Crippen molar-refractivity contribution >= 4 is 11.7 Å². The number of pyridine rings is 1. The van der Waals surface area contributed by atoms with Crippen LogP contribution in [0.15, 0.2) is 18.3 Å². The number of hydrogen-bond donors (Lipinski definition) is 1. The van der Waals surface area contributed by atoms with Crippen molar-refractivity contribution in [3.8, 4) is 6.07 Å². The van der Waals surface area contributed by atoms with Crippen molar-refractivity contribution in [3.63, 3.8) is 0 Å². The average molecular weight is 358 g/mol. The topological polar surface area (TPSA) is 75.5 Å². The summed E-state index contributed by atoms with van der Waals surface area (Å²) in [5.74, 6) is 0.790. The molecule has 2 atom stereocenters. The zero-order valence-electron chi connectivity index (χ0n) is 14.6. The Bertz CT molecular complexity index is 708. The Morgan fingerprint density at radius 3 is 2.77 bits per heavy atom. The maximum Gasteiger partial charge on any atom is 0.239 e. The van der Waals surface area contributed by atoms with Crippen LogP contribution < -0.4 is 10.2 Å². The fourth-order valence-corrected chi connectivity index (χ4v) is 4.04. The van der Waals surface area contributed by atoms with Crippen molar-refractivity contribution in [2.24, 2.45) is 0 Å². The molecule has 3 aliphatic heterocycles. The van der Waals surface area contributed by atoms with Gasteiger partial charge in [-0.05, 0) is 18.6 Å². The van der Waals surface area contributed by atoms with Gasteiger partial charge in [0, 0.05) is 45.0 Å². The molecule has 4 rings (SSSR count). The lowest BCUT2D eigenvalue weighted by atomic mass is 10.1. The molecule has 4 heterocycles. The van der Waals surface area contributed by atoms with E-state index in [1.165, 1.54) is 0 Å². The monoisotopic (exact) mass is 358 g/mol. The quantitative estimate of drug-likeness (QED) is 0.819. The highest BCUT2D eigenvalue weighted by atomic mass is 19.1. The van der Waals surface area contributed by atoms with Crippen LogP contribution in [0, 0.1) is 11.3 Å². The number of hydrogen-bond acceptors (Lipinski definition) is 6. The van der Waals surface area contributed by atoms with E-state index < -0.39 is 6.17 Å². The van der Waals surface area contributed by atoms with E-state index in [9.17, 15) is 14.4 Å². The van der Waals surface area contributed by atoms with Gasteiger partial charge in [0.15, 0.2) is 0 Å². The number of halogens is 1. The van der Waals surface area contributed by atoms with Crippen LogP contribution in [0.1, 0.15) is 12.0 Å². The summed E-state index contributed by atoms with van der Waals surface area (Å²) in [6, 6.07) is 5.92. The maximum atomic E-state index is 13.0. The third-order valence-corrected chi connectivity index (χ3v) is 5.59. The van der Waals surface area contributed by atoms with E-state index >= 15 is 0 Å². The summed E-state index contributed by atoms with van der Waals surface area (Å²) in [5.41, 5.74) is 0.606. The molecule has 3 saturated heterocycles. The number of anilines is 1. The zero-order valence-corrected chi connectivity index (χ0v) is 14.6. The fraction of sp³-hybridized carbons (Fsp3) is 0.611. The fourth-order valence-electron chi connectivity index (χ4n) is 4.04. The highest BCUT2D eigenvalue weighted by Crippen LogP contribution is 2.23. The van der Waals surface area contributed by atoms with E-state index in [4.69, 9.17) is 0 Å². The van der Waals surface area contributed by atoms with Crippen LogP contribution >= 0.6 is 0 Å². The predicted octanol–water partition coefficient (Wildman–Crippen LogP) is -0.0139. The highest BCUT2D eigenvalue weighted by Gasteiger charge is 2.39. The lowest BCUT2D eigenvalue weighted by molar-refractivity contribution is -0.140. The van der Waals surface area contributed by atoms with Gasteiger partial charge in [-0.3, -0.25) is 9.69 Å². The van der Waals surface area contributed by atoms with Crippen LogP contribution in [0.5, 0.6) is 0 Å². The van der Waals surface area contributed by atoms with Gasteiger partial charge in [0.05, 0.1) is 24.7 Å². The van der Waals surface area contributed by atoms with E-state index in [0.717, 1.165) is 45.0 Å². The van der Waals surface area contributed by atoms with Crippen molar-refractivity contribution in [2.75, 3.05) is 50.7 Å². The second-order valence-electron chi connectivity index (χ2n) is 7.20. The standard InChI is InChI=1S/C18H23FN6O/c19-14-11-25(12-14)18(26)16-8-15(10-22-16)23-4-6-24(7-5-23)17-13(9-20)2-1-3-21-17/h1-3,14-16,22H,4-8,10-12H2/t15-,16-/m0/s1. The van der Waals surface area contributed by atoms with E-state index in [2.05, 4.69) is 26.2 Å². The Morgan fingerprint density at radius 2 is 2.08 bits per heavy atom. The molecule has 138 valence electrons. The van der Waals surface area contributed by atoms with Gasteiger partial charge in [0.25, 0.3) is 0 Å². The Kier molecular flexibility index (Phi) is 4.74. The molecule has 0 unspecified atom stereocenters. The Morgan fingerprint density at radius 1 is 1.31 bits per heavy atom. The third-order valence-electron chi connectivity index (χ3n) is 5.59. The van der Waals surface area contributed by atoms with Crippen LogP contribution in [0.4, 0.5) is 10.2 Å². The molecule has 1 N–H and O–H groups in total. The maximum absolute atomic E-state index is 13.0. The van der Waals surface area contributed by atoms with Crippen LogP contribution in [0.25, 0.3) is 0 Å². The summed E-state index contributed by atoms with van der Waals surface area (Å²) >= 11 is 0. The van der Waals surface area contributed by atoms with Crippen molar-refractivity contribution in [2.45, 2.75) is 24.7 Å². The summed E-state index contributed by atoms with van der Waals surface area (Å²) in [6.07, 6.45) is 1.64. The minimum Gasteiger partial charge on any atom is -0.353 e. The van der Waals surface area contributed by atoms with Crippen molar-refractivity contribution in [3.05, 3.63) is 23.9 Å². The van der Waals surface area contributed by atoms with Crippen LogP contribution in [-0.2, 0) is 4.79 Å². The largest absolute Gasteiger partial charge is 0.353 e. The van der Waals surface area contributed by atoms with Gasteiger partial charge in [-0.1, -0.05) is 0 Å². The first-order valence-corrected chi connectivity index (χ1v) is 9.16. The molecule has 26 heavy (non-hydrogen) atoms. The molecule has 0 radical (unpaired) electrons. The van der Waals surface area contributed by atoms with Crippen molar-refractivity contribution < 1.29 is 9.18 Å². The molecular formula is C18H23FN6O. The number of likely N-dealkylation sites (tertiary alicyclic amines) is 1. The van der Waals surface area contributed by atoms with Crippen LogP contribution in [-0.4, -0.2) is 84.8 Å². The number of alkyl halides is 1. The Labute approximate surface area is 152 Å². The number of piperazine rings is 1. The molecule has 3 fully saturated rings. The molecule has 1 amide bonds. The predicted molar refractivity (Wildman–Crippen MR) is 94.4 cm³/mol. The van der Waals surface area contributed by atoms with Gasteiger partial charge < -0.3 is 15.1 Å². The Balaban J connectivity index is 1.30. The minimum absolute atomic E-state index is 0.0344. The smallest absolute Gasteiger partial charge is 0.239 e. The number of rotatable bonds is 3. The molecule has 7 nitrogen and oxygen atoms in total. The molecule has 1 aromatic rings. The van der Waals surface area contributed by atoms with Crippen molar-refractivity contribution in [1.82, 2.24) is 20.1 Å². The van der Waals surface area contributed by atoms with Crippen LogP contribution in [0.2, 0.25) is 0 Å². The van der Waals surface area contributed by atoms with E-state index in [-0.39, 0.29) is 25.0 Å². The molecule has 1 aromatic heterocycles. The summed E-state index contributed by atoms with van der Waals surface area (Å²) < 4.78 is 13.0. The lowest BCUT2D eigenvalue weighted by Crippen LogP contribution is -2.56. The van der Waals surface area contributed by atoms with E-state index in [1.54, 1.807) is 23.2 Å². The van der Waals surface area contributed by atoms with Crippen molar-refractivity contribution in [1.29, 1.82) is 5.26 Å². The minimum atomic E-state index is -0.853. The number of carbonyl (C=O) groups is 1. The summed E-state index contributed by atoms with van der Waals surface area (Å²) in [4.78, 5) is 22.9. The van der Waals surface area contributed by atoms with Gasteiger partial charge in [0.2, 0.25) is 5.91 Å². The number of nitrogens with zero attached hydrogens (tertiary/aromatic N) is 5. The molecule has 0 saturated carbocycles. The summed E-state index contributed by atoms with van der Waals surface area (Å²) in [6.45, 7) is 4.66. The third kappa shape index (κ3) is 3.24. The lowest BCUT2D eigenvalue weighted by Gasteiger charge is -2.39. The first kappa shape index (κ1) is 17.2. The van der Waals surface area contributed by atoms with E-state index in [0.29, 0.717) is 11.6 Å². The SMILES string of the molecule is N#Cc1cccnc1N1CCN([C@@H]2CN[C@H](C(=O)N3CC(F)C3)C2)CC1. The second kappa shape index (κ2) is 7.17. The number of amides is 1. The normalized spacial score (nSPS) is 27.2. The Hall–Kier alpha value is -2.24. The van der Waals surface area contributed by atoms with Crippen LogP contribution in [0.3, 0.4) is 0 Å². The summed E-state index contributed by atoms with van der Waals surface area (Å²) in [5, 5.41) is 12.6. The van der Waals surface area contributed by atoms with Gasteiger partial charge >= 0.3 is 0 Å². The zero-order chi connectivity index (χ0) is 18.1. The molecule has 0 spiro atoms. The molecule has 0 aliphatic carbocycles. The molecular weight excluding hydrogens is 335 g/mol. The van der Waals surface area contributed by atoms with Gasteiger partial charge in [-0.2, -0.15) is 5.26 Å². The van der Waals surface area contributed by atoms with Gasteiger partial charge in [0.1, 0.15) is 18.1 Å². The van der Waals surface area contributed by atoms with E-state index in [1.807, 2.05) is 0 Å². The number of nitriles is 1. The molecule has 0 bridgehead atoms. The number of aromatic nitrogens is 1. The van der Waals surface area contributed by atoms with Gasteiger partial charge in [-0.15, -0.1) is 0 Å². The second-order valence-corrected chi connectivity index (χ2v) is 7.20. The number of carbonyl (C=O) groups excluding carboxylic acids is 1. The highest BCUT2D eigenvalue weighted by molar-refractivity contribution is 5.83. The number of nitrogens with one attached hydrogen (secondary N) is 1. The molecule has 0 aromatic carbocycles. The average Bonchev–Trinajstić information content (AvgIpc) is 3.15. The molecule has 8 heteroatoms. The van der Waals surface area contributed by atoms with Gasteiger partial charge in [-0.25, -0.2) is 9.37 Å². The first-order chi connectivity index (χ1) is 12.7. The molecule has 3 aliphatic rings. The first-order valence-electron chi connectivity index (χ1n) is 9.16.